The van der Waals surface area contributed by atoms with Crippen LogP contribution in [0.3, 0.4) is 0 Å². The first kappa shape index (κ1) is 17.9. The number of para-hydroxylation sites is 2. The minimum Gasteiger partial charge on any atom is -0.494 e. The molecule has 1 amide bonds. The molecule has 0 spiro atoms. The number of thiazole rings is 1. The maximum Gasteiger partial charge on any atom is 0.255 e. The highest BCUT2D eigenvalue weighted by Gasteiger charge is 2.13. The van der Waals surface area contributed by atoms with Crippen molar-refractivity contribution in [1.29, 1.82) is 0 Å². The Morgan fingerprint density at radius 2 is 1.85 bits per heavy atom. The van der Waals surface area contributed by atoms with Crippen LogP contribution in [0.5, 0.6) is 11.5 Å². The molecule has 1 aromatic heterocycles. The van der Waals surface area contributed by atoms with Gasteiger partial charge in [-0.25, -0.2) is 4.98 Å². The third-order valence-electron chi connectivity index (χ3n) is 3.70. The average molecular weight is 368 g/mol. The number of benzene rings is 2. The molecule has 0 radical (unpaired) electrons. The van der Waals surface area contributed by atoms with Crippen LogP contribution in [0.25, 0.3) is 0 Å². The second kappa shape index (κ2) is 9.01. The molecular weight excluding hydrogens is 348 g/mol. The second-order valence-corrected chi connectivity index (χ2v) is 6.21. The van der Waals surface area contributed by atoms with Crippen LogP contribution < -0.4 is 14.8 Å². The summed E-state index contributed by atoms with van der Waals surface area (Å²) < 4.78 is 11.4. The monoisotopic (exact) mass is 368 g/mol. The molecular formula is C20H20N2O3S. The first-order valence-electron chi connectivity index (χ1n) is 8.35. The van der Waals surface area contributed by atoms with E-state index in [0.29, 0.717) is 31.1 Å². The quantitative estimate of drug-likeness (QED) is 0.652. The van der Waals surface area contributed by atoms with Crippen LogP contribution in [0.1, 0.15) is 28.5 Å². The summed E-state index contributed by atoms with van der Waals surface area (Å²) in [5, 5.41) is 4.86. The highest BCUT2D eigenvalue weighted by Crippen LogP contribution is 2.21. The zero-order valence-electron chi connectivity index (χ0n) is 14.5. The molecule has 1 heterocycles. The van der Waals surface area contributed by atoms with Crippen LogP contribution in [-0.2, 0) is 13.2 Å². The molecule has 134 valence electrons. The van der Waals surface area contributed by atoms with E-state index >= 15 is 0 Å². The molecule has 26 heavy (non-hydrogen) atoms. The van der Waals surface area contributed by atoms with Crippen molar-refractivity contribution in [2.24, 2.45) is 0 Å². The number of nitrogens with one attached hydrogen (secondary N) is 1. The van der Waals surface area contributed by atoms with Gasteiger partial charge in [-0.1, -0.05) is 30.3 Å². The van der Waals surface area contributed by atoms with Crippen LogP contribution in [0.4, 0.5) is 0 Å². The summed E-state index contributed by atoms with van der Waals surface area (Å²) in [5.41, 5.74) is 4.03. The van der Waals surface area contributed by atoms with Crippen molar-refractivity contribution in [1.82, 2.24) is 10.3 Å². The molecule has 1 N–H and O–H groups in total. The Hall–Kier alpha value is -2.86. The smallest absolute Gasteiger partial charge is 0.255 e. The second-order valence-electron chi connectivity index (χ2n) is 5.49. The summed E-state index contributed by atoms with van der Waals surface area (Å²) in [5.74, 6) is 1.13. The molecule has 5 nitrogen and oxygen atoms in total. The van der Waals surface area contributed by atoms with Gasteiger partial charge in [0.2, 0.25) is 0 Å². The maximum atomic E-state index is 12.6. The van der Waals surface area contributed by atoms with Crippen LogP contribution in [0.15, 0.2) is 59.4 Å². The van der Waals surface area contributed by atoms with Crippen molar-refractivity contribution in [2.45, 2.75) is 20.1 Å². The van der Waals surface area contributed by atoms with Crippen LogP contribution in [0.2, 0.25) is 0 Å². The first-order valence-corrected chi connectivity index (χ1v) is 9.30. The highest BCUT2D eigenvalue weighted by molar-refractivity contribution is 7.07. The number of hydrogen-bond donors (Lipinski definition) is 1. The number of amides is 1. The number of rotatable bonds is 8. The van der Waals surface area contributed by atoms with E-state index in [-0.39, 0.29) is 5.91 Å². The molecule has 3 rings (SSSR count). The Morgan fingerprint density at radius 3 is 2.62 bits per heavy atom. The summed E-state index contributed by atoms with van der Waals surface area (Å²) in [6, 6.07) is 14.9. The SMILES string of the molecule is CCOc1ccccc1CNC(=O)c1ccccc1OCc1cscn1. The van der Waals surface area contributed by atoms with Gasteiger partial charge in [-0.05, 0) is 25.1 Å². The molecule has 0 saturated heterocycles. The van der Waals surface area contributed by atoms with Crippen molar-refractivity contribution < 1.29 is 14.3 Å². The van der Waals surface area contributed by atoms with E-state index in [9.17, 15) is 4.79 Å². The Morgan fingerprint density at radius 1 is 1.08 bits per heavy atom. The van der Waals surface area contributed by atoms with Crippen molar-refractivity contribution >= 4 is 17.2 Å². The molecule has 0 aliphatic heterocycles. The van der Waals surface area contributed by atoms with Gasteiger partial charge in [0.1, 0.15) is 18.1 Å². The van der Waals surface area contributed by atoms with E-state index in [2.05, 4.69) is 10.3 Å². The molecule has 2 aromatic carbocycles. The molecule has 0 fully saturated rings. The van der Waals surface area contributed by atoms with Crippen LogP contribution in [0, 0.1) is 0 Å². The maximum absolute atomic E-state index is 12.6. The predicted octanol–water partition coefficient (Wildman–Crippen LogP) is 4.05. The number of carbonyl (C=O) groups is 1. The minimum atomic E-state index is -0.190. The summed E-state index contributed by atoms with van der Waals surface area (Å²) in [6.45, 7) is 3.24. The minimum absolute atomic E-state index is 0.190. The van der Waals surface area contributed by atoms with Gasteiger partial charge in [0.05, 0.1) is 23.4 Å². The molecule has 0 unspecified atom stereocenters. The standard InChI is InChI=1S/C20H20N2O3S/c1-2-24-18-9-5-3-7-15(18)11-21-20(23)17-8-4-6-10-19(17)25-12-16-13-26-14-22-16/h3-10,13-14H,2,11-12H2,1H3,(H,21,23). The molecule has 0 bridgehead atoms. The van der Waals surface area contributed by atoms with Gasteiger partial charge in [-0.2, -0.15) is 0 Å². The third-order valence-corrected chi connectivity index (χ3v) is 4.34. The molecule has 0 aliphatic carbocycles. The van der Waals surface area contributed by atoms with Gasteiger partial charge in [0.15, 0.2) is 0 Å². The fraction of sp³-hybridized carbons (Fsp3) is 0.200. The van der Waals surface area contributed by atoms with Gasteiger partial charge >= 0.3 is 0 Å². The van der Waals surface area contributed by atoms with Crippen molar-refractivity contribution in [3.63, 3.8) is 0 Å². The zero-order valence-corrected chi connectivity index (χ0v) is 15.3. The summed E-state index contributed by atoms with van der Waals surface area (Å²) >= 11 is 1.51. The van der Waals surface area contributed by atoms with Gasteiger partial charge < -0.3 is 14.8 Å². The molecule has 0 atom stereocenters. The van der Waals surface area contributed by atoms with E-state index in [0.717, 1.165) is 17.0 Å². The lowest BCUT2D eigenvalue weighted by Crippen LogP contribution is -2.23. The molecule has 3 aromatic rings. The van der Waals surface area contributed by atoms with Gasteiger partial charge in [0.25, 0.3) is 5.91 Å². The van der Waals surface area contributed by atoms with Gasteiger partial charge in [0, 0.05) is 17.5 Å². The largest absolute Gasteiger partial charge is 0.494 e. The van der Waals surface area contributed by atoms with E-state index in [4.69, 9.17) is 9.47 Å². The van der Waals surface area contributed by atoms with E-state index < -0.39 is 0 Å². The average Bonchev–Trinajstić information content (AvgIpc) is 3.19. The number of hydrogen-bond acceptors (Lipinski definition) is 5. The van der Waals surface area contributed by atoms with E-state index in [1.54, 1.807) is 17.6 Å². The van der Waals surface area contributed by atoms with E-state index in [1.807, 2.05) is 48.7 Å². The number of carbonyl (C=O) groups excluding carboxylic acids is 1. The molecule has 0 saturated carbocycles. The number of nitrogens with zero attached hydrogens (tertiary/aromatic N) is 1. The van der Waals surface area contributed by atoms with Crippen molar-refractivity contribution in [3.05, 3.63) is 76.2 Å². The van der Waals surface area contributed by atoms with Gasteiger partial charge in [-0.3, -0.25) is 4.79 Å². The summed E-state index contributed by atoms with van der Waals surface area (Å²) in [7, 11) is 0. The Bertz CT molecular complexity index is 850. The Kier molecular flexibility index (Phi) is 6.22. The lowest BCUT2D eigenvalue weighted by molar-refractivity contribution is 0.0946. The third kappa shape index (κ3) is 4.61. The molecule has 6 heteroatoms. The summed E-state index contributed by atoms with van der Waals surface area (Å²) in [6.07, 6.45) is 0. The highest BCUT2D eigenvalue weighted by atomic mass is 32.1. The van der Waals surface area contributed by atoms with E-state index in [1.165, 1.54) is 11.3 Å². The van der Waals surface area contributed by atoms with Gasteiger partial charge in [-0.15, -0.1) is 11.3 Å². The predicted molar refractivity (Wildman–Crippen MR) is 102 cm³/mol. The van der Waals surface area contributed by atoms with Crippen molar-refractivity contribution in [2.75, 3.05) is 6.61 Å². The normalized spacial score (nSPS) is 10.3. The topological polar surface area (TPSA) is 60.5 Å². The fourth-order valence-electron chi connectivity index (χ4n) is 2.46. The van der Waals surface area contributed by atoms with Crippen LogP contribution in [-0.4, -0.2) is 17.5 Å². The lowest BCUT2D eigenvalue weighted by Gasteiger charge is -2.13. The summed E-state index contributed by atoms with van der Waals surface area (Å²) in [4.78, 5) is 16.8. The molecule has 0 aliphatic rings. The van der Waals surface area contributed by atoms with Crippen molar-refractivity contribution in [3.8, 4) is 11.5 Å². The fourth-order valence-corrected chi connectivity index (χ4v) is 3.00. The number of aromatic nitrogens is 1. The number of ether oxygens (including phenoxy) is 2. The Labute approximate surface area is 156 Å². The van der Waals surface area contributed by atoms with Crippen LogP contribution >= 0.6 is 11.3 Å². The first-order chi connectivity index (χ1) is 12.8. The zero-order chi connectivity index (χ0) is 18.2. The Balaban J connectivity index is 1.66. The lowest BCUT2D eigenvalue weighted by atomic mass is 10.1.